The molecule has 2 aromatic rings. The summed E-state index contributed by atoms with van der Waals surface area (Å²) < 4.78 is 0. The Bertz CT molecular complexity index is 552. The fourth-order valence-corrected chi connectivity index (χ4v) is 2.91. The van der Waals surface area contributed by atoms with Gasteiger partial charge in [0.25, 0.3) is 0 Å². The Morgan fingerprint density at radius 2 is 1.75 bits per heavy atom. The van der Waals surface area contributed by atoms with E-state index >= 15 is 0 Å². The quantitative estimate of drug-likeness (QED) is 0.824. The van der Waals surface area contributed by atoms with Crippen LogP contribution in [0.5, 0.6) is 0 Å². The molecule has 104 valence electrons. The molecule has 1 aliphatic carbocycles. The van der Waals surface area contributed by atoms with Crippen molar-refractivity contribution in [3.05, 3.63) is 59.7 Å². The van der Waals surface area contributed by atoms with Crippen LogP contribution in [-0.2, 0) is 6.54 Å². The zero-order valence-corrected chi connectivity index (χ0v) is 12.2. The lowest BCUT2D eigenvalue weighted by molar-refractivity contribution is 0.420. The maximum atomic E-state index is 3.37. The molecule has 0 heterocycles. The average molecular weight is 265 g/mol. The molecule has 0 atom stereocenters. The van der Waals surface area contributed by atoms with E-state index in [0.29, 0.717) is 0 Å². The van der Waals surface area contributed by atoms with Gasteiger partial charge in [0, 0.05) is 6.54 Å². The van der Waals surface area contributed by atoms with Gasteiger partial charge in [0.05, 0.1) is 0 Å². The Balaban J connectivity index is 1.85. The summed E-state index contributed by atoms with van der Waals surface area (Å²) >= 11 is 0. The monoisotopic (exact) mass is 265 g/mol. The molecule has 2 aromatic carbocycles. The molecule has 1 N–H and O–H groups in total. The lowest BCUT2D eigenvalue weighted by Crippen LogP contribution is -2.11. The van der Waals surface area contributed by atoms with Gasteiger partial charge in [-0.15, -0.1) is 0 Å². The van der Waals surface area contributed by atoms with Gasteiger partial charge in [-0.2, -0.15) is 0 Å². The summed E-state index contributed by atoms with van der Waals surface area (Å²) in [5.74, 6) is 0.785. The summed E-state index contributed by atoms with van der Waals surface area (Å²) in [6.07, 6.45) is 4.10. The highest BCUT2D eigenvalue weighted by molar-refractivity contribution is 5.68. The molecule has 0 amide bonds. The minimum atomic E-state index is 0.785. The van der Waals surface area contributed by atoms with E-state index in [4.69, 9.17) is 0 Å². The smallest absolute Gasteiger partial charge is 0.0205 e. The maximum absolute atomic E-state index is 3.37. The molecule has 0 spiro atoms. The number of benzene rings is 2. The summed E-state index contributed by atoms with van der Waals surface area (Å²) in [6.45, 7) is 4.12. The molecule has 0 bridgehead atoms. The predicted octanol–water partition coefficient (Wildman–Crippen LogP) is 4.73. The van der Waals surface area contributed by atoms with Crippen LogP contribution in [0.1, 0.15) is 43.2 Å². The summed E-state index contributed by atoms with van der Waals surface area (Å²) in [6, 6.07) is 17.9. The van der Waals surface area contributed by atoms with Gasteiger partial charge in [-0.25, -0.2) is 0 Å². The van der Waals surface area contributed by atoms with Crippen LogP contribution in [0.15, 0.2) is 48.5 Å². The lowest BCUT2D eigenvalue weighted by atomic mass is 9.77. The maximum Gasteiger partial charge on any atom is 0.0205 e. The van der Waals surface area contributed by atoms with Gasteiger partial charge >= 0.3 is 0 Å². The third-order valence-corrected chi connectivity index (χ3v) is 4.35. The molecule has 1 fully saturated rings. The zero-order valence-electron chi connectivity index (χ0n) is 12.2. The van der Waals surface area contributed by atoms with Gasteiger partial charge < -0.3 is 5.32 Å². The SMILES string of the molecule is CCNCc1ccc(-c2ccccc2C2CCC2)cc1. The Labute approximate surface area is 122 Å². The van der Waals surface area contributed by atoms with Crippen molar-refractivity contribution >= 4 is 0 Å². The predicted molar refractivity (Wildman–Crippen MR) is 85.9 cm³/mol. The molecule has 3 rings (SSSR count). The van der Waals surface area contributed by atoms with E-state index in [1.807, 2.05) is 0 Å². The van der Waals surface area contributed by atoms with Crippen LogP contribution in [0.4, 0.5) is 0 Å². The van der Waals surface area contributed by atoms with Crippen molar-refractivity contribution < 1.29 is 0 Å². The van der Waals surface area contributed by atoms with Crippen LogP contribution in [0, 0.1) is 0 Å². The van der Waals surface area contributed by atoms with Crippen molar-refractivity contribution in [1.29, 1.82) is 0 Å². The van der Waals surface area contributed by atoms with E-state index in [0.717, 1.165) is 19.0 Å². The first kappa shape index (κ1) is 13.4. The Morgan fingerprint density at radius 1 is 1.00 bits per heavy atom. The topological polar surface area (TPSA) is 12.0 Å². The number of hydrogen-bond donors (Lipinski definition) is 1. The number of hydrogen-bond acceptors (Lipinski definition) is 1. The molecule has 20 heavy (non-hydrogen) atoms. The molecule has 0 radical (unpaired) electrons. The first-order chi connectivity index (χ1) is 9.88. The second-order valence-corrected chi connectivity index (χ2v) is 5.69. The van der Waals surface area contributed by atoms with Crippen LogP contribution in [0.2, 0.25) is 0 Å². The van der Waals surface area contributed by atoms with Gasteiger partial charge in [-0.3, -0.25) is 0 Å². The second kappa shape index (κ2) is 6.23. The van der Waals surface area contributed by atoms with Gasteiger partial charge in [-0.05, 0) is 47.6 Å². The normalized spacial score (nSPS) is 15.1. The van der Waals surface area contributed by atoms with Crippen LogP contribution in [0.25, 0.3) is 11.1 Å². The van der Waals surface area contributed by atoms with E-state index < -0.39 is 0 Å². The van der Waals surface area contributed by atoms with E-state index in [1.165, 1.54) is 41.5 Å². The molecule has 1 heteroatoms. The van der Waals surface area contributed by atoms with E-state index in [-0.39, 0.29) is 0 Å². The van der Waals surface area contributed by atoms with Gasteiger partial charge in [-0.1, -0.05) is 61.9 Å². The zero-order chi connectivity index (χ0) is 13.8. The van der Waals surface area contributed by atoms with Crippen molar-refractivity contribution in [2.75, 3.05) is 6.54 Å². The Hall–Kier alpha value is -1.60. The van der Waals surface area contributed by atoms with E-state index in [2.05, 4.69) is 60.8 Å². The van der Waals surface area contributed by atoms with E-state index in [9.17, 15) is 0 Å². The van der Waals surface area contributed by atoms with Crippen molar-refractivity contribution in [3.8, 4) is 11.1 Å². The van der Waals surface area contributed by atoms with Crippen LogP contribution >= 0.6 is 0 Å². The molecule has 0 unspecified atom stereocenters. The van der Waals surface area contributed by atoms with E-state index in [1.54, 1.807) is 0 Å². The van der Waals surface area contributed by atoms with Gasteiger partial charge in [0.15, 0.2) is 0 Å². The summed E-state index contributed by atoms with van der Waals surface area (Å²) in [7, 11) is 0. The van der Waals surface area contributed by atoms with Crippen LogP contribution in [-0.4, -0.2) is 6.54 Å². The minimum Gasteiger partial charge on any atom is -0.313 e. The highest BCUT2D eigenvalue weighted by Gasteiger charge is 2.22. The molecular formula is C19H23N. The highest BCUT2D eigenvalue weighted by atomic mass is 14.8. The molecular weight excluding hydrogens is 242 g/mol. The molecule has 0 aliphatic heterocycles. The van der Waals surface area contributed by atoms with Gasteiger partial charge in [0.1, 0.15) is 0 Å². The van der Waals surface area contributed by atoms with Crippen LogP contribution in [0.3, 0.4) is 0 Å². The Morgan fingerprint density at radius 3 is 2.40 bits per heavy atom. The first-order valence-electron chi connectivity index (χ1n) is 7.77. The summed E-state index contributed by atoms with van der Waals surface area (Å²) in [5.41, 5.74) is 5.68. The van der Waals surface area contributed by atoms with Crippen molar-refractivity contribution in [2.45, 2.75) is 38.6 Å². The van der Waals surface area contributed by atoms with Gasteiger partial charge in [0.2, 0.25) is 0 Å². The summed E-state index contributed by atoms with van der Waals surface area (Å²) in [4.78, 5) is 0. The third kappa shape index (κ3) is 2.78. The second-order valence-electron chi connectivity index (χ2n) is 5.69. The standard InChI is InChI=1S/C19H23N/c1-2-20-14-15-10-12-17(13-11-15)19-9-4-3-8-18(19)16-6-5-7-16/h3-4,8-13,16,20H,2,5-7,14H2,1H3. The fourth-order valence-electron chi connectivity index (χ4n) is 2.91. The summed E-state index contributed by atoms with van der Waals surface area (Å²) in [5, 5.41) is 3.37. The molecule has 1 nitrogen and oxygen atoms in total. The van der Waals surface area contributed by atoms with Crippen molar-refractivity contribution in [3.63, 3.8) is 0 Å². The molecule has 1 saturated carbocycles. The fraction of sp³-hybridized carbons (Fsp3) is 0.368. The van der Waals surface area contributed by atoms with Crippen molar-refractivity contribution in [2.24, 2.45) is 0 Å². The highest BCUT2D eigenvalue weighted by Crippen LogP contribution is 2.40. The minimum absolute atomic E-state index is 0.785. The number of nitrogens with one attached hydrogen (secondary N) is 1. The largest absolute Gasteiger partial charge is 0.313 e. The number of rotatable bonds is 5. The molecule has 1 aliphatic rings. The Kier molecular flexibility index (Phi) is 4.17. The van der Waals surface area contributed by atoms with Crippen LogP contribution < -0.4 is 5.32 Å². The molecule has 0 aromatic heterocycles. The molecule has 0 saturated heterocycles. The first-order valence-corrected chi connectivity index (χ1v) is 7.77. The average Bonchev–Trinajstić information content (AvgIpc) is 2.45. The lowest BCUT2D eigenvalue weighted by Gasteiger charge is -2.28. The van der Waals surface area contributed by atoms with Crippen molar-refractivity contribution in [1.82, 2.24) is 5.32 Å². The third-order valence-electron chi connectivity index (χ3n) is 4.35.